The smallest absolute Gasteiger partial charge is 0.273 e. The van der Waals surface area contributed by atoms with E-state index < -0.39 is 0 Å². The van der Waals surface area contributed by atoms with Gasteiger partial charge in [-0.25, -0.2) is 4.98 Å². The van der Waals surface area contributed by atoms with Gasteiger partial charge >= 0.3 is 0 Å². The van der Waals surface area contributed by atoms with Gasteiger partial charge in [0, 0.05) is 23.7 Å². The molecule has 0 fully saturated rings. The Hall–Kier alpha value is -2.34. The zero-order valence-electron chi connectivity index (χ0n) is 14.4. The quantitative estimate of drug-likeness (QED) is 0.778. The predicted molar refractivity (Wildman–Crippen MR) is 95.6 cm³/mol. The summed E-state index contributed by atoms with van der Waals surface area (Å²) in [6.07, 6.45) is 2.96. The number of aromatic nitrogens is 1. The number of benzene rings is 1. The van der Waals surface area contributed by atoms with Crippen LogP contribution in [0.25, 0.3) is 0 Å². The molecule has 25 heavy (non-hydrogen) atoms. The van der Waals surface area contributed by atoms with Crippen molar-refractivity contribution in [1.82, 2.24) is 15.2 Å². The van der Waals surface area contributed by atoms with E-state index in [1.165, 1.54) is 6.26 Å². The fraction of sp³-hybridized carbons (Fsp3) is 0.389. The van der Waals surface area contributed by atoms with E-state index in [4.69, 9.17) is 16.0 Å². The summed E-state index contributed by atoms with van der Waals surface area (Å²) < 4.78 is 5.36. The van der Waals surface area contributed by atoms with E-state index in [2.05, 4.69) is 10.3 Å². The number of oxazole rings is 1. The summed E-state index contributed by atoms with van der Waals surface area (Å²) in [7, 11) is 0. The molecule has 0 aliphatic rings. The number of hydrogen-bond donors (Lipinski definition) is 1. The fourth-order valence-corrected chi connectivity index (χ4v) is 2.40. The van der Waals surface area contributed by atoms with Crippen molar-refractivity contribution in [3.8, 4) is 0 Å². The Morgan fingerprint density at radius 3 is 2.56 bits per heavy atom. The third-order valence-electron chi connectivity index (χ3n) is 3.52. The van der Waals surface area contributed by atoms with E-state index >= 15 is 0 Å². The lowest BCUT2D eigenvalue weighted by molar-refractivity contribution is 0.0728. The van der Waals surface area contributed by atoms with E-state index in [-0.39, 0.29) is 24.1 Å². The van der Waals surface area contributed by atoms with Gasteiger partial charge in [0.15, 0.2) is 5.69 Å². The molecule has 1 aromatic carbocycles. The zero-order valence-corrected chi connectivity index (χ0v) is 15.2. The topological polar surface area (TPSA) is 75.4 Å². The van der Waals surface area contributed by atoms with Crippen LogP contribution in [0.2, 0.25) is 5.02 Å². The SMILES string of the molecule is CCCNC(=O)c1coc(CN(CCC)C(=O)c2ccc(Cl)cc2)n1. The lowest BCUT2D eigenvalue weighted by atomic mass is 10.2. The Morgan fingerprint density at radius 1 is 1.20 bits per heavy atom. The van der Waals surface area contributed by atoms with E-state index in [9.17, 15) is 9.59 Å². The molecular weight excluding hydrogens is 342 g/mol. The molecule has 1 heterocycles. The minimum Gasteiger partial charge on any atom is -0.446 e. The maximum atomic E-state index is 12.7. The highest BCUT2D eigenvalue weighted by Gasteiger charge is 2.19. The van der Waals surface area contributed by atoms with Gasteiger partial charge in [-0.05, 0) is 37.1 Å². The van der Waals surface area contributed by atoms with Crippen molar-refractivity contribution < 1.29 is 14.0 Å². The second-order valence-corrected chi connectivity index (χ2v) is 6.05. The first kappa shape index (κ1) is 19.0. The maximum absolute atomic E-state index is 12.7. The zero-order chi connectivity index (χ0) is 18.2. The minimum atomic E-state index is -0.275. The summed E-state index contributed by atoms with van der Waals surface area (Å²) in [5.41, 5.74) is 0.768. The third-order valence-corrected chi connectivity index (χ3v) is 3.77. The molecule has 2 rings (SSSR count). The molecule has 0 bridgehead atoms. The van der Waals surface area contributed by atoms with Gasteiger partial charge in [0.1, 0.15) is 6.26 Å². The van der Waals surface area contributed by atoms with E-state index in [0.29, 0.717) is 29.6 Å². The van der Waals surface area contributed by atoms with Crippen LogP contribution in [0.4, 0.5) is 0 Å². The summed E-state index contributed by atoms with van der Waals surface area (Å²) >= 11 is 5.87. The molecule has 6 nitrogen and oxygen atoms in total. The molecule has 0 unspecified atom stereocenters. The van der Waals surface area contributed by atoms with Gasteiger partial charge in [0.2, 0.25) is 5.89 Å². The second-order valence-electron chi connectivity index (χ2n) is 5.62. The number of nitrogens with zero attached hydrogens (tertiary/aromatic N) is 2. The van der Waals surface area contributed by atoms with Crippen molar-refractivity contribution in [2.75, 3.05) is 13.1 Å². The van der Waals surface area contributed by atoms with Gasteiger partial charge in [0.25, 0.3) is 11.8 Å². The third kappa shape index (κ3) is 5.32. The van der Waals surface area contributed by atoms with Crippen molar-refractivity contribution in [2.45, 2.75) is 33.2 Å². The van der Waals surface area contributed by atoms with Crippen LogP contribution in [-0.4, -0.2) is 34.8 Å². The summed E-state index contributed by atoms with van der Waals surface area (Å²) in [6, 6.07) is 6.74. The number of nitrogens with one attached hydrogen (secondary N) is 1. The van der Waals surface area contributed by atoms with Gasteiger partial charge in [-0.1, -0.05) is 25.4 Å². The Labute approximate surface area is 152 Å². The van der Waals surface area contributed by atoms with E-state index in [1.54, 1.807) is 29.2 Å². The minimum absolute atomic E-state index is 0.131. The summed E-state index contributed by atoms with van der Waals surface area (Å²) in [5, 5.41) is 3.32. The standard InChI is InChI=1S/C18H22ClN3O3/c1-3-9-20-17(23)15-12-25-16(21-15)11-22(10-4-2)18(24)13-5-7-14(19)8-6-13/h5-8,12H,3-4,9-11H2,1-2H3,(H,20,23). The van der Waals surface area contributed by atoms with Gasteiger partial charge in [0.05, 0.1) is 6.54 Å². The molecule has 7 heteroatoms. The van der Waals surface area contributed by atoms with E-state index in [0.717, 1.165) is 12.8 Å². The molecule has 1 aromatic heterocycles. The van der Waals surface area contributed by atoms with Gasteiger partial charge in [-0.3, -0.25) is 9.59 Å². The average Bonchev–Trinajstić information content (AvgIpc) is 3.08. The highest BCUT2D eigenvalue weighted by Crippen LogP contribution is 2.14. The Balaban J connectivity index is 2.08. The molecule has 0 saturated heterocycles. The predicted octanol–water partition coefficient (Wildman–Crippen LogP) is 3.52. The first-order chi connectivity index (χ1) is 12.0. The highest BCUT2D eigenvalue weighted by atomic mass is 35.5. The average molecular weight is 364 g/mol. The van der Waals surface area contributed by atoms with Gasteiger partial charge in [-0.2, -0.15) is 0 Å². The molecular formula is C18H22ClN3O3. The molecule has 2 amide bonds. The molecule has 134 valence electrons. The lowest BCUT2D eigenvalue weighted by Crippen LogP contribution is -2.31. The molecule has 0 spiro atoms. The molecule has 2 aromatic rings. The van der Waals surface area contributed by atoms with Crippen molar-refractivity contribution in [1.29, 1.82) is 0 Å². The van der Waals surface area contributed by atoms with Crippen LogP contribution >= 0.6 is 11.6 Å². The van der Waals surface area contributed by atoms with Crippen LogP contribution in [0.3, 0.4) is 0 Å². The molecule has 0 aliphatic heterocycles. The molecule has 1 N–H and O–H groups in total. The van der Waals surface area contributed by atoms with Gasteiger partial charge < -0.3 is 14.6 Å². The Kier molecular flexibility index (Phi) is 7.01. The van der Waals surface area contributed by atoms with Crippen molar-refractivity contribution in [3.63, 3.8) is 0 Å². The number of hydrogen-bond acceptors (Lipinski definition) is 4. The number of carbonyl (C=O) groups excluding carboxylic acids is 2. The summed E-state index contributed by atoms with van der Waals surface area (Å²) in [4.78, 5) is 30.4. The monoisotopic (exact) mass is 363 g/mol. The number of rotatable bonds is 8. The molecule has 0 atom stereocenters. The first-order valence-corrected chi connectivity index (χ1v) is 8.70. The van der Waals surface area contributed by atoms with Crippen LogP contribution < -0.4 is 5.32 Å². The second kappa shape index (κ2) is 9.22. The van der Waals surface area contributed by atoms with Crippen LogP contribution in [0.1, 0.15) is 53.4 Å². The number of carbonyl (C=O) groups is 2. The van der Waals surface area contributed by atoms with E-state index in [1.807, 2.05) is 13.8 Å². The highest BCUT2D eigenvalue weighted by molar-refractivity contribution is 6.30. The lowest BCUT2D eigenvalue weighted by Gasteiger charge is -2.20. The van der Waals surface area contributed by atoms with Crippen LogP contribution in [-0.2, 0) is 6.54 Å². The normalized spacial score (nSPS) is 10.5. The van der Waals surface area contributed by atoms with Crippen LogP contribution in [0.15, 0.2) is 34.9 Å². The Bertz CT molecular complexity index is 713. The maximum Gasteiger partial charge on any atom is 0.273 e. The fourth-order valence-electron chi connectivity index (χ4n) is 2.28. The molecule has 0 radical (unpaired) electrons. The van der Waals surface area contributed by atoms with Crippen LogP contribution in [0, 0.1) is 0 Å². The van der Waals surface area contributed by atoms with Crippen molar-refractivity contribution in [2.24, 2.45) is 0 Å². The molecule has 0 aliphatic carbocycles. The first-order valence-electron chi connectivity index (χ1n) is 8.32. The van der Waals surface area contributed by atoms with Crippen LogP contribution in [0.5, 0.6) is 0 Å². The number of amides is 2. The summed E-state index contributed by atoms with van der Waals surface area (Å²) in [6.45, 7) is 5.30. The Morgan fingerprint density at radius 2 is 1.92 bits per heavy atom. The van der Waals surface area contributed by atoms with Crippen molar-refractivity contribution >= 4 is 23.4 Å². The van der Waals surface area contributed by atoms with Crippen molar-refractivity contribution in [3.05, 3.63) is 52.7 Å². The molecule has 0 saturated carbocycles. The number of halogens is 1. The summed E-state index contributed by atoms with van der Waals surface area (Å²) in [5.74, 6) is -0.0750. The van der Waals surface area contributed by atoms with Gasteiger partial charge in [-0.15, -0.1) is 0 Å². The largest absolute Gasteiger partial charge is 0.446 e.